The van der Waals surface area contributed by atoms with E-state index in [1.54, 1.807) is 12.1 Å². The van der Waals surface area contributed by atoms with Crippen molar-refractivity contribution >= 4 is 21.4 Å². The molecule has 0 saturated heterocycles. The molecule has 1 aromatic heterocycles. The minimum Gasteiger partial charge on any atom is -0.506 e. The topological polar surface area (TPSA) is 44.0 Å². The maximum absolute atomic E-state index is 13.5. The molecule has 1 N–H and O–H groups in total. The average molecular weight is 207 g/mol. The Bertz CT molecular complexity index is 527. The zero-order chi connectivity index (χ0) is 10.1. The van der Waals surface area contributed by atoms with Crippen LogP contribution in [0.2, 0.25) is 0 Å². The van der Waals surface area contributed by atoms with E-state index in [2.05, 4.69) is 0 Å². The van der Waals surface area contributed by atoms with Crippen molar-refractivity contribution in [2.75, 3.05) is 0 Å². The normalized spacial score (nSPS) is 10.3. The van der Waals surface area contributed by atoms with E-state index in [0.29, 0.717) is 15.0 Å². The molecular formula is C10H6FNOS. The number of fused-ring (bicyclic) bond motifs is 1. The van der Waals surface area contributed by atoms with Gasteiger partial charge in [0.1, 0.15) is 11.6 Å². The summed E-state index contributed by atoms with van der Waals surface area (Å²) in [4.78, 5) is 0.379. The van der Waals surface area contributed by atoms with Gasteiger partial charge in [-0.05, 0) is 6.07 Å². The summed E-state index contributed by atoms with van der Waals surface area (Å²) in [6.45, 7) is 0. The molecule has 0 saturated carbocycles. The van der Waals surface area contributed by atoms with E-state index in [-0.39, 0.29) is 18.0 Å². The molecule has 0 aliphatic carbocycles. The number of thiophene rings is 1. The zero-order valence-electron chi connectivity index (χ0n) is 7.12. The molecule has 0 radical (unpaired) electrons. The number of rotatable bonds is 1. The van der Waals surface area contributed by atoms with Crippen LogP contribution in [0.25, 0.3) is 10.1 Å². The van der Waals surface area contributed by atoms with Gasteiger partial charge in [-0.1, -0.05) is 12.1 Å². The lowest BCUT2D eigenvalue weighted by molar-refractivity contribution is 0.482. The Hall–Kier alpha value is -1.60. The van der Waals surface area contributed by atoms with E-state index >= 15 is 0 Å². The third-order valence-corrected chi connectivity index (χ3v) is 3.14. The van der Waals surface area contributed by atoms with Crippen molar-refractivity contribution in [2.45, 2.75) is 6.42 Å². The van der Waals surface area contributed by atoms with Crippen molar-refractivity contribution in [3.8, 4) is 11.8 Å². The molecule has 0 fully saturated rings. The van der Waals surface area contributed by atoms with Crippen molar-refractivity contribution in [3.05, 3.63) is 28.9 Å². The summed E-state index contributed by atoms with van der Waals surface area (Å²) in [7, 11) is 0. The molecule has 4 heteroatoms. The molecule has 0 atom stereocenters. The predicted octanol–water partition coefficient (Wildman–Crippen LogP) is 2.81. The van der Waals surface area contributed by atoms with Crippen LogP contribution in [0.15, 0.2) is 18.2 Å². The summed E-state index contributed by atoms with van der Waals surface area (Å²) < 4.78 is 14.1. The molecule has 0 spiro atoms. The molecule has 2 aromatic rings. The van der Waals surface area contributed by atoms with E-state index in [1.807, 2.05) is 6.07 Å². The molecule has 0 unspecified atom stereocenters. The largest absolute Gasteiger partial charge is 0.506 e. The molecule has 2 nitrogen and oxygen atoms in total. The lowest BCUT2D eigenvalue weighted by Crippen LogP contribution is -1.78. The number of hydrogen-bond acceptors (Lipinski definition) is 3. The smallest absolute Gasteiger partial charge is 0.146 e. The first-order valence-electron chi connectivity index (χ1n) is 4.00. The van der Waals surface area contributed by atoms with Crippen LogP contribution >= 0.6 is 11.3 Å². The Morgan fingerprint density at radius 1 is 1.50 bits per heavy atom. The number of hydrogen-bond donors (Lipinski definition) is 1. The summed E-state index contributed by atoms with van der Waals surface area (Å²) in [6, 6.07) is 6.59. The van der Waals surface area contributed by atoms with Crippen molar-refractivity contribution in [3.63, 3.8) is 0 Å². The highest BCUT2D eigenvalue weighted by Crippen LogP contribution is 2.35. The van der Waals surface area contributed by atoms with Gasteiger partial charge in [0.25, 0.3) is 0 Å². The Balaban J connectivity index is 2.74. The molecule has 0 amide bonds. The van der Waals surface area contributed by atoms with Crippen LogP contribution in [0.5, 0.6) is 5.75 Å². The Morgan fingerprint density at radius 2 is 2.29 bits per heavy atom. The molecule has 0 aliphatic heterocycles. The zero-order valence-corrected chi connectivity index (χ0v) is 7.94. The first kappa shape index (κ1) is 8.97. The second-order valence-electron chi connectivity index (χ2n) is 2.83. The maximum atomic E-state index is 13.5. The number of benzene rings is 1. The quantitative estimate of drug-likeness (QED) is 0.781. The fourth-order valence-electron chi connectivity index (χ4n) is 1.31. The van der Waals surface area contributed by atoms with Crippen molar-refractivity contribution in [1.29, 1.82) is 5.26 Å². The molecule has 0 bridgehead atoms. The van der Waals surface area contributed by atoms with Crippen LogP contribution in [-0.2, 0) is 6.42 Å². The first-order valence-corrected chi connectivity index (χ1v) is 4.81. The number of halogens is 1. The molecule has 1 aromatic carbocycles. The highest BCUT2D eigenvalue weighted by molar-refractivity contribution is 7.19. The van der Waals surface area contributed by atoms with Crippen molar-refractivity contribution < 1.29 is 9.50 Å². The predicted molar refractivity (Wildman–Crippen MR) is 52.8 cm³/mol. The molecular weight excluding hydrogens is 201 g/mol. The maximum Gasteiger partial charge on any atom is 0.146 e. The highest BCUT2D eigenvalue weighted by Gasteiger charge is 2.13. The molecule has 1 heterocycles. The van der Waals surface area contributed by atoms with Crippen LogP contribution in [0.3, 0.4) is 0 Å². The van der Waals surface area contributed by atoms with E-state index in [9.17, 15) is 9.50 Å². The summed E-state index contributed by atoms with van der Waals surface area (Å²) in [5, 5.41) is 18.3. The van der Waals surface area contributed by atoms with Gasteiger partial charge >= 0.3 is 0 Å². The number of nitrogens with zero attached hydrogens (tertiary/aromatic N) is 1. The lowest BCUT2D eigenvalue weighted by atomic mass is 10.2. The third kappa shape index (κ3) is 1.22. The van der Waals surface area contributed by atoms with Gasteiger partial charge in [-0.3, -0.25) is 0 Å². The minimum absolute atomic E-state index is 0.0462. The molecule has 0 aliphatic rings. The van der Waals surface area contributed by atoms with E-state index in [4.69, 9.17) is 5.26 Å². The van der Waals surface area contributed by atoms with Crippen molar-refractivity contribution in [1.82, 2.24) is 0 Å². The number of phenolic OH excluding ortho intramolecular Hbond substituents is 1. The van der Waals surface area contributed by atoms with Crippen LogP contribution in [0.4, 0.5) is 4.39 Å². The highest BCUT2D eigenvalue weighted by atomic mass is 32.1. The van der Waals surface area contributed by atoms with E-state index in [0.717, 1.165) is 11.3 Å². The summed E-state index contributed by atoms with van der Waals surface area (Å²) >= 11 is 1.13. The molecule has 2 rings (SSSR count). The summed E-state index contributed by atoms with van der Waals surface area (Å²) in [6.07, 6.45) is 0.0462. The van der Waals surface area contributed by atoms with Gasteiger partial charge in [0.2, 0.25) is 0 Å². The van der Waals surface area contributed by atoms with Crippen LogP contribution < -0.4 is 0 Å². The number of phenols is 1. The van der Waals surface area contributed by atoms with Gasteiger partial charge in [-0.25, -0.2) is 4.39 Å². The van der Waals surface area contributed by atoms with Crippen LogP contribution in [0.1, 0.15) is 4.88 Å². The summed E-state index contributed by atoms with van der Waals surface area (Å²) in [5.74, 6) is -0.321. The van der Waals surface area contributed by atoms with E-state index in [1.165, 1.54) is 6.07 Å². The lowest BCUT2D eigenvalue weighted by Gasteiger charge is -1.91. The number of nitriles is 1. The van der Waals surface area contributed by atoms with Crippen LogP contribution in [0, 0.1) is 17.1 Å². The molecule has 14 heavy (non-hydrogen) atoms. The van der Waals surface area contributed by atoms with Gasteiger partial charge in [0.15, 0.2) is 0 Å². The Kier molecular flexibility index (Phi) is 2.10. The van der Waals surface area contributed by atoms with Gasteiger partial charge in [-0.2, -0.15) is 5.26 Å². The Morgan fingerprint density at radius 3 is 2.93 bits per heavy atom. The fraction of sp³-hybridized carbons (Fsp3) is 0.100. The van der Waals surface area contributed by atoms with Gasteiger partial charge in [-0.15, -0.1) is 11.3 Å². The van der Waals surface area contributed by atoms with Gasteiger partial charge < -0.3 is 5.11 Å². The van der Waals surface area contributed by atoms with Gasteiger partial charge in [0.05, 0.1) is 22.1 Å². The summed E-state index contributed by atoms with van der Waals surface area (Å²) in [5.41, 5.74) is 0. The number of aromatic hydroxyl groups is 1. The second kappa shape index (κ2) is 3.28. The minimum atomic E-state index is -0.387. The Labute approximate surface area is 83.8 Å². The van der Waals surface area contributed by atoms with Gasteiger partial charge in [0, 0.05) is 5.39 Å². The van der Waals surface area contributed by atoms with E-state index < -0.39 is 0 Å². The SMILES string of the molecule is N#CCc1sc2c(O)cccc2c1F. The van der Waals surface area contributed by atoms with Crippen LogP contribution in [-0.4, -0.2) is 5.11 Å². The standard InChI is InChI=1S/C10H6FNOS/c11-9-6-2-1-3-7(13)10(6)14-8(9)4-5-12/h1-3,13H,4H2. The third-order valence-electron chi connectivity index (χ3n) is 1.94. The second-order valence-corrected chi connectivity index (χ2v) is 3.93. The fourth-order valence-corrected chi connectivity index (χ4v) is 2.33. The average Bonchev–Trinajstić information content (AvgIpc) is 2.48. The molecule has 70 valence electrons. The monoisotopic (exact) mass is 207 g/mol. The first-order chi connectivity index (χ1) is 6.74. The van der Waals surface area contributed by atoms with Crippen molar-refractivity contribution in [2.24, 2.45) is 0 Å².